The molecule has 0 aliphatic heterocycles. The monoisotopic (exact) mass is 183 g/mol. The average Bonchev–Trinajstić information content (AvgIpc) is 2.34. The maximum absolute atomic E-state index is 5.74. The summed E-state index contributed by atoms with van der Waals surface area (Å²) in [6.07, 6.45) is 1.08. The predicted octanol–water partition coefficient (Wildman–Crippen LogP) is 2.90. The van der Waals surface area contributed by atoms with E-state index in [1.54, 1.807) is 0 Å². The minimum Gasteiger partial charge on any atom is -0.328 e. The van der Waals surface area contributed by atoms with E-state index in [2.05, 4.69) is 32.2 Å². The quantitative estimate of drug-likeness (QED) is 0.766. The molecule has 0 saturated carbocycles. The van der Waals surface area contributed by atoms with Crippen molar-refractivity contribution in [1.82, 2.24) is 0 Å². The summed E-state index contributed by atoms with van der Waals surface area (Å²) >= 11 is 1.82. The first-order valence-electron chi connectivity index (χ1n) is 4.40. The molecule has 2 unspecified atom stereocenters. The molecule has 0 amide bonds. The number of rotatable bonds is 3. The molecular formula is C10H17NS. The first-order chi connectivity index (χ1) is 5.59. The Kier molecular flexibility index (Phi) is 3.29. The lowest BCUT2D eigenvalue weighted by atomic mass is 9.97. The van der Waals surface area contributed by atoms with Gasteiger partial charge in [-0.1, -0.05) is 6.92 Å². The summed E-state index contributed by atoms with van der Waals surface area (Å²) in [5.74, 6) is 0.606. The van der Waals surface area contributed by atoms with Crippen molar-refractivity contribution >= 4 is 11.3 Å². The molecule has 0 fully saturated rings. The third kappa shape index (κ3) is 2.61. The topological polar surface area (TPSA) is 26.0 Å². The molecule has 1 nitrogen and oxygen atoms in total. The van der Waals surface area contributed by atoms with E-state index in [9.17, 15) is 0 Å². The standard InChI is InChI=1S/C10H17NS/c1-7(4-8(2)11)10-5-9(3)12-6-10/h5-8H,4,11H2,1-3H3. The highest BCUT2D eigenvalue weighted by molar-refractivity contribution is 7.10. The molecule has 1 aromatic heterocycles. The number of hydrogen-bond donors (Lipinski definition) is 1. The predicted molar refractivity (Wildman–Crippen MR) is 55.7 cm³/mol. The summed E-state index contributed by atoms with van der Waals surface area (Å²) < 4.78 is 0. The van der Waals surface area contributed by atoms with Crippen molar-refractivity contribution in [1.29, 1.82) is 0 Å². The zero-order valence-electron chi connectivity index (χ0n) is 8.00. The number of nitrogens with two attached hydrogens (primary N) is 1. The Bertz CT molecular complexity index is 240. The number of hydrogen-bond acceptors (Lipinski definition) is 2. The molecule has 0 saturated heterocycles. The van der Waals surface area contributed by atoms with Crippen LogP contribution in [0.4, 0.5) is 0 Å². The van der Waals surface area contributed by atoms with E-state index in [0.717, 1.165) is 6.42 Å². The minimum atomic E-state index is 0.306. The normalized spacial score (nSPS) is 16.0. The Morgan fingerprint density at radius 2 is 2.17 bits per heavy atom. The zero-order chi connectivity index (χ0) is 9.14. The van der Waals surface area contributed by atoms with Gasteiger partial charge in [0.2, 0.25) is 0 Å². The lowest BCUT2D eigenvalue weighted by molar-refractivity contribution is 0.587. The van der Waals surface area contributed by atoms with Crippen molar-refractivity contribution in [3.63, 3.8) is 0 Å². The summed E-state index contributed by atoms with van der Waals surface area (Å²) in [6, 6.07) is 2.57. The van der Waals surface area contributed by atoms with E-state index >= 15 is 0 Å². The number of thiophene rings is 1. The summed E-state index contributed by atoms with van der Waals surface area (Å²) in [5.41, 5.74) is 7.18. The fraction of sp³-hybridized carbons (Fsp3) is 0.600. The maximum atomic E-state index is 5.74. The Morgan fingerprint density at radius 3 is 2.58 bits per heavy atom. The van der Waals surface area contributed by atoms with E-state index in [-0.39, 0.29) is 0 Å². The van der Waals surface area contributed by atoms with Crippen LogP contribution < -0.4 is 5.73 Å². The summed E-state index contributed by atoms with van der Waals surface area (Å²) in [5, 5.41) is 2.24. The van der Waals surface area contributed by atoms with Crippen molar-refractivity contribution in [2.45, 2.75) is 39.2 Å². The molecule has 2 heteroatoms. The number of aryl methyl sites for hydroxylation is 1. The summed E-state index contributed by atoms with van der Waals surface area (Å²) in [4.78, 5) is 1.39. The molecular weight excluding hydrogens is 166 g/mol. The molecule has 0 radical (unpaired) electrons. The first kappa shape index (κ1) is 9.75. The van der Waals surface area contributed by atoms with Gasteiger partial charge in [-0.3, -0.25) is 0 Å². The van der Waals surface area contributed by atoms with E-state index in [1.165, 1.54) is 10.4 Å². The van der Waals surface area contributed by atoms with Gasteiger partial charge in [0.05, 0.1) is 0 Å². The highest BCUT2D eigenvalue weighted by Crippen LogP contribution is 2.24. The summed E-state index contributed by atoms with van der Waals surface area (Å²) in [7, 11) is 0. The average molecular weight is 183 g/mol. The van der Waals surface area contributed by atoms with Crippen LogP contribution >= 0.6 is 11.3 Å². The van der Waals surface area contributed by atoms with Crippen molar-refractivity contribution in [2.75, 3.05) is 0 Å². The van der Waals surface area contributed by atoms with Gasteiger partial charge in [-0.2, -0.15) is 0 Å². The van der Waals surface area contributed by atoms with Gasteiger partial charge in [0, 0.05) is 10.9 Å². The Morgan fingerprint density at radius 1 is 1.50 bits per heavy atom. The molecule has 0 spiro atoms. The lowest BCUT2D eigenvalue weighted by Gasteiger charge is -2.11. The van der Waals surface area contributed by atoms with E-state index < -0.39 is 0 Å². The van der Waals surface area contributed by atoms with Gasteiger partial charge in [0.15, 0.2) is 0 Å². The highest BCUT2D eigenvalue weighted by atomic mass is 32.1. The van der Waals surface area contributed by atoms with E-state index in [0.29, 0.717) is 12.0 Å². The molecule has 1 aromatic rings. The van der Waals surface area contributed by atoms with Gasteiger partial charge in [0.1, 0.15) is 0 Å². The molecule has 0 aromatic carbocycles. The Labute approximate surface area is 78.6 Å². The van der Waals surface area contributed by atoms with Gasteiger partial charge >= 0.3 is 0 Å². The van der Waals surface area contributed by atoms with Crippen LogP contribution in [-0.2, 0) is 0 Å². The van der Waals surface area contributed by atoms with Crippen LogP contribution in [0.5, 0.6) is 0 Å². The summed E-state index contributed by atoms with van der Waals surface area (Å²) in [6.45, 7) is 6.45. The van der Waals surface area contributed by atoms with Crippen molar-refractivity contribution < 1.29 is 0 Å². The van der Waals surface area contributed by atoms with Crippen LogP contribution in [0.25, 0.3) is 0 Å². The van der Waals surface area contributed by atoms with Gasteiger partial charge < -0.3 is 5.73 Å². The van der Waals surface area contributed by atoms with Crippen LogP contribution in [0.15, 0.2) is 11.4 Å². The molecule has 68 valence electrons. The van der Waals surface area contributed by atoms with Crippen LogP contribution in [0, 0.1) is 6.92 Å². The zero-order valence-corrected chi connectivity index (χ0v) is 8.82. The SMILES string of the molecule is Cc1cc(C(C)CC(C)N)cs1. The Hall–Kier alpha value is -0.340. The Balaban J connectivity index is 2.58. The smallest absolute Gasteiger partial charge is 0.00171 e. The molecule has 1 heterocycles. The third-order valence-electron chi connectivity index (χ3n) is 2.05. The van der Waals surface area contributed by atoms with Gasteiger partial charge in [0.25, 0.3) is 0 Å². The molecule has 2 atom stereocenters. The van der Waals surface area contributed by atoms with Crippen molar-refractivity contribution in [3.8, 4) is 0 Å². The fourth-order valence-corrected chi connectivity index (χ4v) is 2.24. The van der Waals surface area contributed by atoms with E-state index in [1.807, 2.05) is 11.3 Å². The molecule has 1 rings (SSSR count). The van der Waals surface area contributed by atoms with Crippen LogP contribution in [0.3, 0.4) is 0 Å². The minimum absolute atomic E-state index is 0.306. The highest BCUT2D eigenvalue weighted by Gasteiger charge is 2.08. The van der Waals surface area contributed by atoms with Gasteiger partial charge in [-0.05, 0) is 43.2 Å². The van der Waals surface area contributed by atoms with Crippen LogP contribution in [0.2, 0.25) is 0 Å². The maximum Gasteiger partial charge on any atom is 0.00171 e. The largest absolute Gasteiger partial charge is 0.328 e. The fourth-order valence-electron chi connectivity index (χ4n) is 1.42. The second kappa shape index (κ2) is 4.06. The first-order valence-corrected chi connectivity index (χ1v) is 5.28. The molecule has 0 aliphatic rings. The second-order valence-electron chi connectivity index (χ2n) is 3.60. The molecule has 2 N–H and O–H groups in total. The third-order valence-corrected chi connectivity index (χ3v) is 2.92. The lowest BCUT2D eigenvalue weighted by Crippen LogP contribution is -2.17. The van der Waals surface area contributed by atoms with E-state index in [4.69, 9.17) is 5.73 Å². The van der Waals surface area contributed by atoms with Crippen molar-refractivity contribution in [3.05, 3.63) is 21.9 Å². The van der Waals surface area contributed by atoms with Gasteiger partial charge in [-0.15, -0.1) is 11.3 Å². The van der Waals surface area contributed by atoms with Crippen molar-refractivity contribution in [2.24, 2.45) is 5.73 Å². The van der Waals surface area contributed by atoms with Crippen LogP contribution in [0.1, 0.15) is 36.6 Å². The molecule has 0 aliphatic carbocycles. The molecule has 0 bridgehead atoms. The van der Waals surface area contributed by atoms with Gasteiger partial charge in [-0.25, -0.2) is 0 Å². The van der Waals surface area contributed by atoms with Crippen LogP contribution in [-0.4, -0.2) is 6.04 Å². The second-order valence-corrected chi connectivity index (χ2v) is 4.72. The molecule has 12 heavy (non-hydrogen) atoms.